The Morgan fingerprint density at radius 2 is 1.96 bits per heavy atom. The molecule has 0 aliphatic rings. The lowest BCUT2D eigenvalue weighted by atomic mass is 10.2. The standard InChI is InChI=1S/C17H23ClN4O3S/c1-5-11-22(13(3)17(23)19-14-9-7-6-8-10-14)26(24,25)15-12(2)20-21(4)16(15)18/h6-10,13H,5,11H2,1-4H3,(H,19,23). The molecular formula is C17H23ClN4O3S. The van der Waals surface area contributed by atoms with Gasteiger partial charge in [-0.15, -0.1) is 0 Å². The van der Waals surface area contributed by atoms with Gasteiger partial charge in [0.2, 0.25) is 15.9 Å². The molecule has 0 aliphatic heterocycles. The van der Waals surface area contributed by atoms with E-state index in [4.69, 9.17) is 11.6 Å². The van der Waals surface area contributed by atoms with Crippen molar-refractivity contribution in [1.82, 2.24) is 14.1 Å². The number of hydrogen-bond acceptors (Lipinski definition) is 4. The number of sulfonamides is 1. The van der Waals surface area contributed by atoms with Crippen molar-refractivity contribution in [3.05, 3.63) is 41.2 Å². The summed E-state index contributed by atoms with van der Waals surface area (Å²) in [6, 6.07) is 7.99. The number of hydrogen-bond donors (Lipinski definition) is 1. The number of aromatic nitrogens is 2. The zero-order valence-electron chi connectivity index (χ0n) is 15.2. The van der Waals surface area contributed by atoms with Gasteiger partial charge in [-0.1, -0.05) is 36.7 Å². The molecule has 0 aliphatic carbocycles. The molecule has 0 saturated heterocycles. The first-order valence-electron chi connectivity index (χ1n) is 8.27. The molecule has 7 nitrogen and oxygen atoms in total. The van der Waals surface area contributed by atoms with E-state index in [0.29, 0.717) is 17.8 Å². The molecule has 1 N–H and O–H groups in total. The molecule has 0 spiro atoms. The molecule has 142 valence electrons. The highest BCUT2D eigenvalue weighted by Gasteiger charge is 2.36. The Morgan fingerprint density at radius 1 is 1.35 bits per heavy atom. The van der Waals surface area contributed by atoms with E-state index in [9.17, 15) is 13.2 Å². The number of nitrogens with one attached hydrogen (secondary N) is 1. The molecule has 1 aromatic carbocycles. The molecule has 1 amide bonds. The first-order valence-corrected chi connectivity index (χ1v) is 10.1. The number of amides is 1. The third-order valence-corrected chi connectivity index (χ3v) is 6.63. The van der Waals surface area contributed by atoms with Crippen molar-refractivity contribution in [1.29, 1.82) is 0 Å². The largest absolute Gasteiger partial charge is 0.325 e. The second-order valence-electron chi connectivity index (χ2n) is 5.98. The Balaban J connectivity index is 2.36. The quantitative estimate of drug-likeness (QED) is 0.777. The molecule has 1 atom stereocenters. The Labute approximate surface area is 159 Å². The second kappa shape index (κ2) is 8.20. The number of halogens is 1. The number of benzene rings is 1. The van der Waals surface area contributed by atoms with Crippen LogP contribution in [-0.4, -0.2) is 41.0 Å². The predicted octanol–water partition coefficient (Wildman–Crippen LogP) is 2.81. The summed E-state index contributed by atoms with van der Waals surface area (Å²) >= 11 is 6.15. The minimum Gasteiger partial charge on any atom is -0.325 e. The maximum atomic E-state index is 13.2. The molecule has 0 radical (unpaired) electrons. The number of carbonyl (C=O) groups excluding carboxylic acids is 1. The number of rotatable bonds is 7. The van der Waals surface area contributed by atoms with Crippen LogP contribution in [0.4, 0.5) is 5.69 Å². The maximum absolute atomic E-state index is 13.2. The second-order valence-corrected chi connectivity index (χ2v) is 8.16. The van der Waals surface area contributed by atoms with E-state index in [1.54, 1.807) is 45.2 Å². The number of para-hydroxylation sites is 1. The van der Waals surface area contributed by atoms with Crippen LogP contribution < -0.4 is 5.32 Å². The topological polar surface area (TPSA) is 84.3 Å². The normalized spacial score (nSPS) is 13.0. The van der Waals surface area contributed by atoms with Gasteiger partial charge >= 0.3 is 0 Å². The third kappa shape index (κ3) is 4.08. The van der Waals surface area contributed by atoms with Gasteiger partial charge in [-0.2, -0.15) is 9.40 Å². The van der Waals surface area contributed by atoms with E-state index in [2.05, 4.69) is 10.4 Å². The van der Waals surface area contributed by atoms with Crippen molar-refractivity contribution < 1.29 is 13.2 Å². The lowest BCUT2D eigenvalue weighted by molar-refractivity contribution is -0.119. The first-order chi connectivity index (χ1) is 12.2. The summed E-state index contributed by atoms with van der Waals surface area (Å²) in [6.07, 6.45) is 0.555. The maximum Gasteiger partial charge on any atom is 0.248 e. The van der Waals surface area contributed by atoms with Crippen LogP contribution in [-0.2, 0) is 21.9 Å². The minimum atomic E-state index is -3.98. The first kappa shape index (κ1) is 20.4. The highest BCUT2D eigenvalue weighted by molar-refractivity contribution is 7.89. The molecule has 9 heteroatoms. The summed E-state index contributed by atoms with van der Waals surface area (Å²) < 4.78 is 28.8. The van der Waals surface area contributed by atoms with Gasteiger partial charge in [0.1, 0.15) is 16.1 Å². The Morgan fingerprint density at radius 3 is 2.46 bits per heavy atom. The molecular weight excluding hydrogens is 376 g/mol. The van der Waals surface area contributed by atoms with Crippen molar-refractivity contribution in [2.75, 3.05) is 11.9 Å². The van der Waals surface area contributed by atoms with Crippen LogP contribution in [0.3, 0.4) is 0 Å². The van der Waals surface area contributed by atoms with Crippen molar-refractivity contribution in [2.45, 2.75) is 38.1 Å². The van der Waals surface area contributed by atoms with Gasteiger partial charge in [0.05, 0.1) is 5.69 Å². The van der Waals surface area contributed by atoms with Crippen molar-refractivity contribution in [2.24, 2.45) is 7.05 Å². The van der Waals surface area contributed by atoms with E-state index in [1.807, 2.05) is 13.0 Å². The van der Waals surface area contributed by atoms with Crippen molar-refractivity contribution in [3.63, 3.8) is 0 Å². The van der Waals surface area contributed by atoms with E-state index in [-0.39, 0.29) is 16.6 Å². The van der Waals surface area contributed by atoms with Gasteiger partial charge in [0.15, 0.2) is 0 Å². The van der Waals surface area contributed by atoms with E-state index in [1.165, 1.54) is 8.99 Å². The van der Waals surface area contributed by atoms with E-state index >= 15 is 0 Å². The van der Waals surface area contributed by atoms with Crippen LogP contribution in [0, 0.1) is 6.92 Å². The fraction of sp³-hybridized carbons (Fsp3) is 0.412. The van der Waals surface area contributed by atoms with Crippen molar-refractivity contribution >= 4 is 33.2 Å². The highest BCUT2D eigenvalue weighted by Crippen LogP contribution is 2.29. The number of aryl methyl sites for hydroxylation is 2. The summed E-state index contributed by atoms with van der Waals surface area (Å²) in [5, 5.41) is 6.84. The van der Waals surface area contributed by atoms with Crippen LogP contribution in [0.1, 0.15) is 26.0 Å². The van der Waals surface area contributed by atoms with Gasteiger partial charge in [-0.05, 0) is 32.4 Å². The van der Waals surface area contributed by atoms with Crippen LogP contribution in [0.25, 0.3) is 0 Å². The SMILES string of the molecule is CCCN(C(C)C(=O)Nc1ccccc1)S(=O)(=O)c1c(C)nn(C)c1Cl. The van der Waals surface area contributed by atoms with Gasteiger partial charge in [0, 0.05) is 19.3 Å². The van der Waals surface area contributed by atoms with E-state index in [0.717, 1.165) is 0 Å². The molecule has 2 rings (SSSR count). The minimum absolute atomic E-state index is 0.0271. The molecule has 0 bridgehead atoms. The number of nitrogens with zero attached hydrogens (tertiary/aromatic N) is 3. The lowest BCUT2D eigenvalue weighted by Crippen LogP contribution is -2.46. The molecule has 1 unspecified atom stereocenters. The van der Waals surface area contributed by atoms with E-state index < -0.39 is 22.0 Å². The molecule has 1 aromatic heterocycles. The highest BCUT2D eigenvalue weighted by atomic mass is 35.5. The summed E-state index contributed by atoms with van der Waals surface area (Å²) in [7, 11) is -2.41. The summed E-state index contributed by atoms with van der Waals surface area (Å²) in [4.78, 5) is 12.6. The molecule has 2 aromatic rings. The zero-order valence-corrected chi connectivity index (χ0v) is 16.8. The van der Waals surface area contributed by atoms with Crippen LogP contribution in [0.15, 0.2) is 35.2 Å². The summed E-state index contributed by atoms with van der Waals surface area (Å²) in [5.74, 6) is -0.411. The van der Waals surface area contributed by atoms with Gasteiger partial charge in [-0.25, -0.2) is 8.42 Å². The lowest BCUT2D eigenvalue weighted by Gasteiger charge is -2.27. The molecule has 0 saturated carbocycles. The van der Waals surface area contributed by atoms with Crippen LogP contribution in [0.2, 0.25) is 5.15 Å². The fourth-order valence-electron chi connectivity index (χ4n) is 2.66. The Hall–Kier alpha value is -1.90. The third-order valence-electron chi connectivity index (χ3n) is 3.96. The average Bonchev–Trinajstić information content (AvgIpc) is 2.85. The number of carbonyl (C=O) groups is 1. The summed E-state index contributed by atoms with van der Waals surface area (Å²) in [5.41, 5.74) is 0.906. The predicted molar refractivity (Wildman–Crippen MR) is 102 cm³/mol. The number of anilines is 1. The monoisotopic (exact) mass is 398 g/mol. The van der Waals surface area contributed by atoms with Gasteiger partial charge < -0.3 is 5.32 Å². The van der Waals surface area contributed by atoms with Crippen LogP contribution >= 0.6 is 11.6 Å². The van der Waals surface area contributed by atoms with Gasteiger partial charge in [0.25, 0.3) is 0 Å². The Kier molecular flexibility index (Phi) is 6.44. The zero-order chi connectivity index (χ0) is 19.5. The smallest absolute Gasteiger partial charge is 0.248 e. The van der Waals surface area contributed by atoms with Gasteiger partial charge in [-0.3, -0.25) is 9.48 Å². The van der Waals surface area contributed by atoms with Crippen molar-refractivity contribution in [3.8, 4) is 0 Å². The fourth-order valence-corrected chi connectivity index (χ4v) is 5.06. The average molecular weight is 399 g/mol. The van der Waals surface area contributed by atoms with Crippen LogP contribution in [0.5, 0.6) is 0 Å². The Bertz CT molecular complexity index is 881. The molecule has 26 heavy (non-hydrogen) atoms. The molecule has 0 fully saturated rings. The molecule has 1 heterocycles. The summed E-state index contributed by atoms with van der Waals surface area (Å²) in [6.45, 7) is 5.18.